The van der Waals surface area contributed by atoms with Gasteiger partial charge in [-0.2, -0.15) is 0 Å². The Bertz CT molecular complexity index is 911. The van der Waals surface area contributed by atoms with Gasteiger partial charge in [-0.05, 0) is 43.9 Å². The van der Waals surface area contributed by atoms with Crippen LogP contribution in [-0.4, -0.2) is 52.2 Å². The van der Waals surface area contributed by atoms with Crippen molar-refractivity contribution in [2.45, 2.75) is 10.9 Å². The molecule has 0 heterocycles. The fourth-order valence-electron chi connectivity index (χ4n) is 2.67. The molecule has 0 aliphatic carbocycles. The van der Waals surface area contributed by atoms with Crippen LogP contribution in [-0.2, 0) is 9.84 Å². The van der Waals surface area contributed by atoms with Gasteiger partial charge < -0.3 is 15.0 Å². The Hall–Kier alpha value is -2.65. The summed E-state index contributed by atoms with van der Waals surface area (Å²) in [6.45, 7) is 0.401. The van der Waals surface area contributed by atoms with Crippen LogP contribution in [0.1, 0.15) is 11.6 Å². The molecule has 2 aromatic carbocycles. The third kappa shape index (κ3) is 5.18. The van der Waals surface area contributed by atoms with Crippen LogP contribution in [0.4, 0.5) is 11.4 Å². The van der Waals surface area contributed by atoms with E-state index in [1.807, 2.05) is 43.3 Å². The molecule has 1 N–H and O–H groups in total. The number of hydrogen-bond acceptors (Lipinski definition) is 7. The van der Waals surface area contributed by atoms with Crippen LogP contribution in [0.3, 0.4) is 0 Å². The van der Waals surface area contributed by atoms with Crippen molar-refractivity contribution in [3.63, 3.8) is 0 Å². The highest BCUT2D eigenvalue weighted by Crippen LogP contribution is 2.29. The van der Waals surface area contributed by atoms with Gasteiger partial charge in [0.25, 0.3) is 5.69 Å². The Balaban J connectivity index is 2.27. The quantitative estimate of drug-likeness (QED) is 0.543. The summed E-state index contributed by atoms with van der Waals surface area (Å²) >= 11 is 0. The number of ether oxygens (including phenoxy) is 1. The minimum absolute atomic E-state index is 0.0508. The van der Waals surface area contributed by atoms with Crippen LogP contribution >= 0.6 is 0 Å². The number of benzene rings is 2. The Morgan fingerprint density at radius 3 is 2.30 bits per heavy atom. The first kappa shape index (κ1) is 20.7. The second-order valence-electron chi connectivity index (χ2n) is 6.34. The van der Waals surface area contributed by atoms with E-state index in [4.69, 9.17) is 4.74 Å². The second kappa shape index (κ2) is 8.36. The Kier molecular flexibility index (Phi) is 6.40. The summed E-state index contributed by atoms with van der Waals surface area (Å²) in [5, 5.41) is 14.4. The first-order valence-corrected chi connectivity index (χ1v) is 10.1. The zero-order valence-electron chi connectivity index (χ0n) is 15.7. The fourth-order valence-corrected chi connectivity index (χ4v) is 3.31. The van der Waals surface area contributed by atoms with Crippen molar-refractivity contribution in [3.8, 4) is 5.75 Å². The molecule has 0 amide bonds. The van der Waals surface area contributed by atoms with Gasteiger partial charge in [0.2, 0.25) is 0 Å². The van der Waals surface area contributed by atoms with Crippen LogP contribution in [0.15, 0.2) is 47.4 Å². The van der Waals surface area contributed by atoms with Crippen LogP contribution in [0.25, 0.3) is 0 Å². The maximum absolute atomic E-state index is 11.7. The summed E-state index contributed by atoms with van der Waals surface area (Å²) in [6.07, 6.45) is 1.02. The van der Waals surface area contributed by atoms with Crippen molar-refractivity contribution in [3.05, 3.63) is 58.1 Å². The average Bonchev–Trinajstić information content (AvgIpc) is 2.61. The van der Waals surface area contributed by atoms with E-state index in [1.165, 1.54) is 12.1 Å². The van der Waals surface area contributed by atoms with E-state index < -0.39 is 14.8 Å². The van der Waals surface area contributed by atoms with E-state index in [2.05, 4.69) is 5.32 Å². The molecule has 9 heteroatoms. The van der Waals surface area contributed by atoms with Gasteiger partial charge in [-0.3, -0.25) is 10.1 Å². The minimum Gasteiger partial charge on any atom is -0.497 e. The zero-order chi connectivity index (χ0) is 20.2. The number of nitro benzene ring substituents is 1. The predicted molar refractivity (Wildman–Crippen MR) is 104 cm³/mol. The number of sulfone groups is 1. The third-order valence-electron chi connectivity index (χ3n) is 4.20. The topological polar surface area (TPSA) is 102 Å². The molecule has 0 aromatic heterocycles. The van der Waals surface area contributed by atoms with E-state index in [0.717, 1.165) is 23.6 Å². The van der Waals surface area contributed by atoms with Gasteiger partial charge in [0.05, 0.1) is 23.0 Å². The average molecular weight is 393 g/mol. The molecule has 1 atom stereocenters. The van der Waals surface area contributed by atoms with Crippen LogP contribution < -0.4 is 10.1 Å². The van der Waals surface area contributed by atoms with Gasteiger partial charge in [-0.1, -0.05) is 12.1 Å². The highest BCUT2D eigenvalue weighted by atomic mass is 32.2. The van der Waals surface area contributed by atoms with E-state index in [0.29, 0.717) is 6.54 Å². The molecule has 146 valence electrons. The molecule has 0 saturated heterocycles. The van der Waals surface area contributed by atoms with Gasteiger partial charge in [0.15, 0.2) is 9.84 Å². The molecule has 0 unspecified atom stereocenters. The second-order valence-corrected chi connectivity index (χ2v) is 8.36. The molecule has 2 rings (SSSR count). The van der Waals surface area contributed by atoms with Crippen molar-refractivity contribution in [2.75, 3.05) is 39.3 Å². The minimum atomic E-state index is -3.52. The summed E-state index contributed by atoms with van der Waals surface area (Å²) in [6, 6.07) is 11.4. The molecule has 8 nitrogen and oxygen atoms in total. The summed E-state index contributed by atoms with van der Waals surface area (Å²) < 4.78 is 28.5. The maximum atomic E-state index is 11.7. The number of methoxy groups -OCH3 is 1. The largest absolute Gasteiger partial charge is 0.497 e. The van der Waals surface area contributed by atoms with Crippen LogP contribution in [0, 0.1) is 10.1 Å². The van der Waals surface area contributed by atoms with E-state index in [1.54, 1.807) is 7.11 Å². The maximum Gasteiger partial charge on any atom is 0.293 e. The van der Waals surface area contributed by atoms with Crippen molar-refractivity contribution >= 4 is 21.2 Å². The SMILES string of the molecule is COc1ccc([C@@H](CNc2ccc(S(C)(=O)=O)cc2[N+](=O)[O-])N(C)C)cc1. The number of hydrogen-bond donors (Lipinski definition) is 1. The predicted octanol–water partition coefficient (Wildman–Crippen LogP) is 2.72. The Morgan fingerprint density at radius 1 is 1.19 bits per heavy atom. The molecule has 0 spiro atoms. The third-order valence-corrected chi connectivity index (χ3v) is 5.31. The first-order chi connectivity index (χ1) is 12.6. The van der Waals surface area contributed by atoms with E-state index in [-0.39, 0.29) is 22.3 Å². The monoisotopic (exact) mass is 393 g/mol. The van der Waals surface area contributed by atoms with Gasteiger partial charge in [-0.15, -0.1) is 0 Å². The lowest BCUT2D eigenvalue weighted by Gasteiger charge is -2.25. The van der Waals surface area contributed by atoms with Crippen LogP contribution in [0.2, 0.25) is 0 Å². The van der Waals surface area contributed by atoms with Gasteiger partial charge in [-0.25, -0.2) is 8.42 Å². The van der Waals surface area contributed by atoms with Crippen molar-refractivity contribution < 1.29 is 18.1 Å². The first-order valence-electron chi connectivity index (χ1n) is 8.16. The van der Waals surface area contributed by atoms with E-state index >= 15 is 0 Å². The fraction of sp³-hybridized carbons (Fsp3) is 0.333. The molecular formula is C18H23N3O5S. The van der Waals surface area contributed by atoms with Crippen molar-refractivity contribution in [2.24, 2.45) is 0 Å². The molecule has 27 heavy (non-hydrogen) atoms. The molecule has 0 aliphatic rings. The molecule has 2 aromatic rings. The number of rotatable bonds is 8. The molecule has 0 saturated carbocycles. The lowest BCUT2D eigenvalue weighted by Crippen LogP contribution is -2.27. The number of nitro groups is 1. The smallest absolute Gasteiger partial charge is 0.293 e. The summed E-state index contributed by atoms with van der Waals surface area (Å²) in [5.41, 5.74) is 1.02. The molecular weight excluding hydrogens is 370 g/mol. The standard InChI is InChI=1S/C18H23N3O5S/c1-20(2)18(13-5-7-14(26-3)8-6-13)12-19-16-10-9-15(27(4,24)25)11-17(16)21(22)23/h5-11,18-19H,12H2,1-4H3/t18-/m1/s1. The lowest BCUT2D eigenvalue weighted by atomic mass is 10.1. The van der Waals surface area contributed by atoms with Gasteiger partial charge >= 0.3 is 0 Å². The summed E-state index contributed by atoms with van der Waals surface area (Å²) in [5.74, 6) is 0.746. The number of nitrogens with one attached hydrogen (secondary N) is 1. The Labute approximate surface area is 158 Å². The number of anilines is 1. The van der Waals surface area contributed by atoms with Crippen molar-refractivity contribution in [1.82, 2.24) is 4.90 Å². The molecule has 0 aliphatic heterocycles. The normalized spacial score (nSPS) is 12.6. The zero-order valence-corrected chi connectivity index (χ0v) is 16.5. The Morgan fingerprint density at radius 2 is 1.81 bits per heavy atom. The number of likely N-dealkylation sites (N-methyl/N-ethyl adjacent to an activating group) is 1. The molecule has 0 radical (unpaired) electrons. The lowest BCUT2D eigenvalue weighted by molar-refractivity contribution is -0.384. The van der Waals surface area contributed by atoms with Gasteiger partial charge in [0.1, 0.15) is 11.4 Å². The number of nitrogens with zero attached hydrogens (tertiary/aromatic N) is 2. The van der Waals surface area contributed by atoms with Crippen molar-refractivity contribution in [1.29, 1.82) is 0 Å². The molecule has 0 fully saturated rings. The van der Waals surface area contributed by atoms with E-state index in [9.17, 15) is 18.5 Å². The van der Waals surface area contributed by atoms with Crippen LogP contribution in [0.5, 0.6) is 5.75 Å². The highest BCUT2D eigenvalue weighted by Gasteiger charge is 2.20. The van der Waals surface area contributed by atoms with Gasteiger partial charge in [0, 0.05) is 18.9 Å². The molecule has 0 bridgehead atoms. The summed E-state index contributed by atoms with van der Waals surface area (Å²) in [4.78, 5) is 12.7. The highest BCUT2D eigenvalue weighted by molar-refractivity contribution is 7.90. The summed E-state index contributed by atoms with van der Waals surface area (Å²) in [7, 11) is 1.90.